The van der Waals surface area contributed by atoms with Crippen LogP contribution in [0.15, 0.2) is 29.8 Å². The smallest absolute Gasteiger partial charge is 0.212 e. The van der Waals surface area contributed by atoms with Crippen LogP contribution >= 0.6 is 22.9 Å². The molecule has 19 heavy (non-hydrogen) atoms. The Labute approximate surface area is 122 Å². The Morgan fingerprint density at radius 3 is 2.79 bits per heavy atom. The highest BCUT2D eigenvalue weighted by Gasteiger charge is 2.16. The van der Waals surface area contributed by atoms with E-state index in [0.717, 1.165) is 23.6 Å². The number of nitrogens with one attached hydrogen (secondary N) is 1. The Balaban J connectivity index is 2.14. The zero-order valence-corrected chi connectivity index (χ0v) is 12.6. The molecule has 0 aliphatic heterocycles. The first-order valence-electron chi connectivity index (χ1n) is 6.19. The van der Waals surface area contributed by atoms with E-state index in [1.54, 1.807) is 18.4 Å². The first-order chi connectivity index (χ1) is 9.24. The lowest BCUT2D eigenvalue weighted by Gasteiger charge is -2.17. The summed E-state index contributed by atoms with van der Waals surface area (Å²) in [5, 5.41) is 6.32. The van der Waals surface area contributed by atoms with Gasteiger partial charge in [0.2, 0.25) is 5.88 Å². The number of methoxy groups -OCH3 is 1. The van der Waals surface area contributed by atoms with Crippen molar-refractivity contribution < 1.29 is 4.74 Å². The number of hydrogen-bond acceptors (Lipinski definition) is 4. The minimum atomic E-state index is 0.229. The molecule has 3 nitrogen and oxygen atoms in total. The number of halogens is 1. The van der Waals surface area contributed by atoms with E-state index in [4.69, 9.17) is 16.3 Å². The van der Waals surface area contributed by atoms with Crippen molar-refractivity contribution in [1.29, 1.82) is 0 Å². The maximum Gasteiger partial charge on any atom is 0.212 e. The van der Waals surface area contributed by atoms with Gasteiger partial charge in [0.1, 0.15) is 0 Å². The van der Waals surface area contributed by atoms with E-state index >= 15 is 0 Å². The van der Waals surface area contributed by atoms with E-state index in [1.807, 2.05) is 29.8 Å². The van der Waals surface area contributed by atoms with Gasteiger partial charge in [-0.2, -0.15) is 0 Å². The summed E-state index contributed by atoms with van der Waals surface area (Å²) < 4.78 is 5.07. The van der Waals surface area contributed by atoms with Crippen molar-refractivity contribution in [3.8, 4) is 5.88 Å². The molecule has 0 spiro atoms. The fourth-order valence-electron chi connectivity index (χ4n) is 1.95. The lowest BCUT2D eigenvalue weighted by Crippen LogP contribution is -2.22. The summed E-state index contributed by atoms with van der Waals surface area (Å²) in [6.07, 6.45) is 2.72. The van der Waals surface area contributed by atoms with Crippen LogP contribution in [-0.4, -0.2) is 18.6 Å². The summed E-state index contributed by atoms with van der Waals surface area (Å²) in [5.41, 5.74) is 1.16. The van der Waals surface area contributed by atoms with Gasteiger partial charge in [0, 0.05) is 23.2 Å². The largest absolute Gasteiger partial charge is 0.481 e. The van der Waals surface area contributed by atoms with E-state index in [9.17, 15) is 0 Å². The highest BCUT2D eigenvalue weighted by atomic mass is 35.5. The lowest BCUT2D eigenvalue weighted by molar-refractivity contribution is 0.397. The van der Waals surface area contributed by atoms with Crippen LogP contribution in [0.25, 0.3) is 0 Å². The Morgan fingerprint density at radius 2 is 2.26 bits per heavy atom. The molecule has 1 N–H and O–H groups in total. The summed E-state index contributed by atoms with van der Waals surface area (Å²) in [5.74, 6) is 0.637. The molecule has 2 heterocycles. The predicted octanol–water partition coefficient (Wildman–Crippen LogP) is 3.70. The SMILES string of the molecule is CCNC(Cc1ccc(OC)nc1)c1sccc1Cl. The molecule has 2 aromatic heterocycles. The molecule has 2 aromatic rings. The molecule has 0 saturated carbocycles. The van der Waals surface area contributed by atoms with Crippen LogP contribution in [0.1, 0.15) is 23.4 Å². The third-order valence-corrected chi connectivity index (χ3v) is 4.33. The zero-order chi connectivity index (χ0) is 13.7. The second kappa shape index (κ2) is 6.89. The van der Waals surface area contributed by atoms with Crippen LogP contribution in [0.5, 0.6) is 5.88 Å². The average Bonchev–Trinajstić information content (AvgIpc) is 2.85. The number of likely N-dealkylation sites (N-methyl/N-ethyl adjacent to an activating group) is 1. The maximum atomic E-state index is 6.22. The van der Waals surface area contributed by atoms with E-state index < -0.39 is 0 Å². The highest BCUT2D eigenvalue weighted by molar-refractivity contribution is 7.10. The molecule has 0 aliphatic carbocycles. The normalized spacial score (nSPS) is 12.4. The third-order valence-electron chi connectivity index (χ3n) is 2.86. The molecule has 0 aromatic carbocycles. The summed E-state index contributed by atoms with van der Waals surface area (Å²) >= 11 is 7.90. The minimum Gasteiger partial charge on any atom is -0.481 e. The van der Waals surface area contributed by atoms with Crippen molar-refractivity contribution in [3.63, 3.8) is 0 Å². The first kappa shape index (κ1) is 14.3. The van der Waals surface area contributed by atoms with Gasteiger partial charge in [0.05, 0.1) is 12.1 Å². The van der Waals surface area contributed by atoms with E-state index in [-0.39, 0.29) is 6.04 Å². The van der Waals surface area contributed by atoms with Crippen LogP contribution in [0.4, 0.5) is 0 Å². The van der Waals surface area contributed by atoms with Crippen LogP contribution in [0.2, 0.25) is 5.02 Å². The van der Waals surface area contributed by atoms with Crippen molar-refractivity contribution in [1.82, 2.24) is 10.3 Å². The van der Waals surface area contributed by atoms with Crippen molar-refractivity contribution in [3.05, 3.63) is 45.2 Å². The molecule has 5 heteroatoms. The van der Waals surface area contributed by atoms with Gasteiger partial charge in [-0.15, -0.1) is 11.3 Å². The highest BCUT2D eigenvalue weighted by Crippen LogP contribution is 2.30. The molecule has 2 rings (SSSR count). The van der Waals surface area contributed by atoms with Gasteiger partial charge in [-0.25, -0.2) is 4.98 Å². The fourth-order valence-corrected chi connectivity index (χ4v) is 3.21. The molecule has 0 radical (unpaired) electrons. The van der Waals surface area contributed by atoms with Crippen molar-refractivity contribution in [2.24, 2.45) is 0 Å². The quantitative estimate of drug-likeness (QED) is 0.882. The Morgan fingerprint density at radius 1 is 1.42 bits per heavy atom. The van der Waals surface area contributed by atoms with E-state index in [0.29, 0.717) is 5.88 Å². The second-order valence-corrected chi connectivity index (χ2v) is 5.51. The van der Waals surface area contributed by atoms with Crippen LogP contribution in [0, 0.1) is 0 Å². The Hall–Kier alpha value is -1.10. The average molecular weight is 297 g/mol. The van der Waals surface area contributed by atoms with Crippen molar-refractivity contribution >= 4 is 22.9 Å². The Kier molecular flexibility index (Phi) is 5.19. The molecule has 0 amide bonds. The van der Waals surface area contributed by atoms with Crippen LogP contribution < -0.4 is 10.1 Å². The fraction of sp³-hybridized carbons (Fsp3) is 0.357. The molecule has 0 bridgehead atoms. The number of thiophene rings is 1. The van der Waals surface area contributed by atoms with E-state index in [1.165, 1.54) is 4.88 Å². The monoisotopic (exact) mass is 296 g/mol. The van der Waals surface area contributed by atoms with Gasteiger partial charge in [-0.05, 0) is 30.0 Å². The third kappa shape index (κ3) is 3.69. The topological polar surface area (TPSA) is 34.1 Å². The standard InChI is InChI=1S/C14H17ClN2OS/c1-3-16-12(14-11(15)6-7-19-14)8-10-4-5-13(18-2)17-9-10/h4-7,9,12,16H,3,8H2,1-2H3. The van der Waals surface area contributed by atoms with Gasteiger partial charge in [0.25, 0.3) is 0 Å². The van der Waals surface area contributed by atoms with Gasteiger partial charge in [-0.3, -0.25) is 0 Å². The molecule has 1 atom stereocenters. The van der Waals surface area contributed by atoms with Gasteiger partial charge < -0.3 is 10.1 Å². The van der Waals surface area contributed by atoms with E-state index in [2.05, 4.69) is 17.2 Å². The predicted molar refractivity (Wildman–Crippen MR) is 80.2 cm³/mol. The number of rotatable bonds is 6. The lowest BCUT2D eigenvalue weighted by atomic mass is 10.1. The molecule has 0 fully saturated rings. The molecule has 102 valence electrons. The number of nitrogens with zero attached hydrogens (tertiary/aromatic N) is 1. The summed E-state index contributed by atoms with van der Waals surface area (Å²) in [7, 11) is 1.62. The number of pyridine rings is 1. The summed E-state index contributed by atoms with van der Waals surface area (Å²) in [4.78, 5) is 5.41. The Bertz CT molecular complexity index is 512. The van der Waals surface area contributed by atoms with Crippen molar-refractivity contribution in [2.75, 3.05) is 13.7 Å². The second-order valence-electron chi connectivity index (χ2n) is 4.16. The van der Waals surface area contributed by atoms with Gasteiger partial charge >= 0.3 is 0 Å². The van der Waals surface area contributed by atoms with Crippen LogP contribution in [0.3, 0.4) is 0 Å². The molecular formula is C14H17ClN2OS. The van der Waals surface area contributed by atoms with Gasteiger partial charge in [0.15, 0.2) is 0 Å². The van der Waals surface area contributed by atoms with Crippen LogP contribution in [-0.2, 0) is 6.42 Å². The molecule has 0 saturated heterocycles. The number of aromatic nitrogens is 1. The van der Waals surface area contributed by atoms with Gasteiger partial charge in [-0.1, -0.05) is 24.6 Å². The first-order valence-corrected chi connectivity index (χ1v) is 7.45. The number of hydrogen-bond donors (Lipinski definition) is 1. The summed E-state index contributed by atoms with van der Waals surface area (Å²) in [6, 6.07) is 6.09. The molecular weight excluding hydrogens is 280 g/mol. The summed E-state index contributed by atoms with van der Waals surface area (Å²) in [6.45, 7) is 3.00. The van der Waals surface area contributed by atoms with Crippen molar-refractivity contribution in [2.45, 2.75) is 19.4 Å². The molecule has 0 aliphatic rings. The number of ether oxygens (including phenoxy) is 1. The maximum absolute atomic E-state index is 6.22. The minimum absolute atomic E-state index is 0.229. The molecule has 1 unspecified atom stereocenters. The zero-order valence-electron chi connectivity index (χ0n) is 11.0.